The Morgan fingerprint density at radius 1 is 0.963 bits per heavy atom. The normalized spacial score (nSPS) is 10.6. The number of rotatable bonds is 5. The first kappa shape index (κ1) is 18.3. The maximum absolute atomic E-state index is 12.4. The van der Waals surface area contributed by atoms with Crippen LogP contribution >= 0.6 is 11.6 Å². The number of carbonyl (C=O) groups excluding carboxylic acids is 2. The van der Waals surface area contributed by atoms with Gasteiger partial charge in [-0.2, -0.15) is 5.10 Å². The van der Waals surface area contributed by atoms with Crippen molar-refractivity contribution in [1.29, 1.82) is 0 Å². The summed E-state index contributed by atoms with van der Waals surface area (Å²) in [7, 11) is 0. The number of benzene rings is 2. The first-order valence-electron chi connectivity index (χ1n) is 8.03. The molecule has 0 aliphatic rings. The van der Waals surface area contributed by atoms with Crippen LogP contribution in [0.3, 0.4) is 0 Å². The number of hydrazone groups is 1. The molecule has 2 amide bonds. The summed E-state index contributed by atoms with van der Waals surface area (Å²) in [4.78, 5) is 28.7. The van der Waals surface area contributed by atoms with Crippen LogP contribution in [0.4, 0.5) is 5.69 Å². The highest BCUT2D eigenvalue weighted by molar-refractivity contribution is 6.30. The number of nitrogens with zero attached hydrogens (tertiary/aromatic N) is 2. The molecule has 1 aromatic heterocycles. The number of halogens is 1. The molecular weight excluding hydrogens is 364 g/mol. The fourth-order valence-corrected chi connectivity index (χ4v) is 2.39. The zero-order chi connectivity index (χ0) is 19.1. The summed E-state index contributed by atoms with van der Waals surface area (Å²) >= 11 is 5.83. The van der Waals surface area contributed by atoms with E-state index in [-0.39, 0.29) is 5.91 Å². The number of anilines is 1. The average molecular weight is 379 g/mol. The van der Waals surface area contributed by atoms with Crippen LogP contribution in [0, 0.1) is 0 Å². The molecule has 27 heavy (non-hydrogen) atoms. The second-order valence-corrected chi connectivity index (χ2v) is 5.93. The van der Waals surface area contributed by atoms with E-state index in [2.05, 4.69) is 20.8 Å². The number of amides is 2. The fraction of sp³-hybridized carbons (Fsp3) is 0. The molecule has 0 atom stereocenters. The van der Waals surface area contributed by atoms with Gasteiger partial charge in [0.2, 0.25) is 0 Å². The van der Waals surface area contributed by atoms with E-state index in [0.717, 1.165) is 5.56 Å². The molecular formula is C20H15ClN4O2. The summed E-state index contributed by atoms with van der Waals surface area (Å²) in [6.45, 7) is 0. The maximum Gasteiger partial charge on any atom is 0.273 e. The Kier molecular flexibility index (Phi) is 5.91. The quantitative estimate of drug-likeness (QED) is 0.524. The lowest BCUT2D eigenvalue weighted by Crippen LogP contribution is -2.21. The molecule has 0 saturated heterocycles. The van der Waals surface area contributed by atoms with E-state index in [1.54, 1.807) is 67.0 Å². The summed E-state index contributed by atoms with van der Waals surface area (Å²) in [6.07, 6.45) is 4.76. The molecule has 3 rings (SSSR count). The number of para-hydroxylation sites is 1. The van der Waals surface area contributed by atoms with Crippen LogP contribution in [0.1, 0.15) is 26.3 Å². The standard InChI is InChI=1S/C20H15ClN4O2/c21-16-9-7-15(8-10-16)19(26)24-18-6-2-1-5-17(18)20(27)25-23-13-14-4-3-11-22-12-14/h1-13H,(H,24,26)(H,25,27). The van der Waals surface area contributed by atoms with Crippen molar-refractivity contribution in [2.75, 3.05) is 5.32 Å². The number of nitrogens with one attached hydrogen (secondary N) is 2. The molecule has 1 heterocycles. The molecule has 134 valence electrons. The highest BCUT2D eigenvalue weighted by atomic mass is 35.5. The zero-order valence-electron chi connectivity index (χ0n) is 14.1. The Morgan fingerprint density at radius 2 is 1.74 bits per heavy atom. The molecule has 0 fully saturated rings. The van der Waals surface area contributed by atoms with Gasteiger partial charge in [0.15, 0.2) is 0 Å². The minimum Gasteiger partial charge on any atom is -0.321 e. The lowest BCUT2D eigenvalue weighted by Gasteiger charge is -2.10. The molecule has 7 heteroatoms. The molecule has 3 aromatic rings. The van der Waals surface area contributed by atoms with Gasteiger partial charge in [0.05, 0.1) is 17.5 Å². The number of hydrogen-bond donors (Lipinski definition) is 2. The van der Waals surface area contributed by atoms with Crippen LogP contribution in [0.5, 0.6) is 0 Å². The molecule has 2 N–H and O–H groups in total. The summed E-state index contributed by atoms with van der Waals surface area (Å²) in [6, 6.07) is 16.7. The average Bonchev–Trinajstić information content (AvgIpc) is 2.69. The number of carbonyl (C=O) groups is 2. The SMILES string of the molecule is O=C(Nc1ccccc1C(=O)NN=Cc1cccnc1)c1ccc(Cl)cc1. The van der Waals surface area contributed by atoms with Crippen LogP contribution in [0.25, 0.3) is 0 Å². The van der Waals surface area contributed by atoms with Gasteiger partial charge >= 0.3 is 0 Å². The topological polar surface area (TPSA) is 83.5 Å². The van der Waals surface area contributed by atoms with Crippen molar-refractivity contribution >= 4 is 35.3 Å². The van der Waals surface area contributed by atoms with E-state index in [9.17, 15) is 9.59 Å². The first-order valence-corrected chi connectivity index (χ1v) is 8.40. The van der Waals surface area contributed by atoms with Crippen molar-refractivity contribution < 1.29 is 9.59 Å². The lowest BCUT2D eigenvalue weighted by molar-refractivity contribution is 0.0956. The van der Waals surface area contributed by atoms with Gasteiger partial charge in [-0.15, -0.1) is 0 Å². The van der Waals surface area contributed by atoms with Gasteiger partial charge in [0.25, 0.3) is 11.8 Å². The van der Waals surface area contributed by atoms with Crippen molar-refractivity contribution in [2.45, 2.75) is 0 Å². The molecule has 0 bridgehead atoms. The highest BCUT2D eigenvalue weighted by Gasteiger charge is 2.13. The summed E-state index contributed by atoms with van der Waals surface area (Å²) in [5, 5.41) is 7.18. The van der Waals surface area contributed by atoms with E-state index in [1.807, 2.05) is 6.07 Å². The predicted octanol–water partition coefficient (Wildman–Crippen LogP) is 3.75. The minimum absolute atomic E-state index is 0.295. The Balaban J connectivity index is 1.71. The van der Waals surface area contributed by atoms with Gasteiger partial charge in [0, 0.05) is 28.5 Å². The fourth-order valence-electron chi connectivity index (χ4n) is 2.26. The highest BCUT2D eigenvalue weighted by Crippen LogP contribution is 2.17. The Morgan fingerprint density at radius 3 is 2.48 bits per heavy atom. The van der Waals surface area contributed by atoms with Crippen LogP contribution in [0.15, 0.2) is 78.2 Å². The van der Waals surface area contributed by atoms with Crippen LogP contribution in [0.2, 0.25) is 5.02 Å². The van der Waals surface area contributed by atoms with E-state index in [4.69, 9.17) is 11.6 Å². The van der Waals surface area contributed by atoms with Crippen LogP contribution in [-0.4, -0.2) is 23.0 Å². The van der Waals surface area contributed by atoms with E-state index < -0.39 is 5.91 Å². The molecule has 0 aliphatic carbocycles. The van der Waals surface area contributed by atoms with Crippen LogP contribution < -0.4 is 10.7 Å². The van der Waals surface area contributed by atoms with E-state index in [0.29, 0.717) is 21.8 Å². The number of hydrogen-bond acceptors (Lipinski definition) is 4. The van der Waals surface area contributed by atoms with Gasteiger partial charge in [-0.3, -0.25) is 14.6 Å². The maximum atomic E-state index is 12.4. The predicted molar refractivity (Wildman–Crippen MR) is 105 cm³/mol. The molecule has 0 unspecified atom stereocenters. The first-order chi connectivity index (χ1) is 13.1. The van der Waals surface area contributed by atoms with Gasteiger partial charge in [-0.1, -0.05) is 29.8 Å². The monoisotopic (exact) mass is 378 g/mol. The summed E-state index contributed by atoms with van der Waals surface area (Å²) in [5.41, 5.74) is 4.30. The number of aromatic nitrogens is 1. The Bertz CT molecular complexity index is 973. The van der Waals surface area contributed by atoms with Gasteiger partial charge in [0.1, 0.15) is 0 Å². The molecule has 0 spiro atoms. The third-order valence-corrected chi connectivity index (χ3v) is 3.84. The number of pyridine rings is 1. The lowest BCUT2D eigenvalue weighted by atomic mass is 10.1. The summed E-state index contributed by atoms with van der Waals surface area (Å²) < 4.78 is 0. The third-order valence-electron chi connectivity index (χ3n) is 3.59. The van der Waals surface area contributed by atoms with E-state index in [1.165, 1.54) is 6.21 Å². The van der Waals surface area contributed by atoms with Crippen molar-refractivity contribution in [3.63, 3.8) is 0 Å². The molecule has 0 radical (unpaired) electrons. The smallest absolute Gasteiger partial charge is 0.273 e. The molecule has 0 aliphatic heterocycles. The molecule has 0 saturated carbocycles. The van der Waals surface area contributed by atoms with Gasteiger partial charge in [-0.25, -0.2) is 5.43 Å². The summed E-state index contributed by atoms with van der Waals surface area (Å²) in [5.74, 6) is -0.784. The largest absolute Gasteiger partial charge is 0.321 e. The van der Waals surface area contributed by atoms with Crippen molar-refractivity contribution in [3.05, 3.63) is 94.8 Å². The van der Waals surface area contributed by atoms with Crippen LogP contribution in [-0.2, 0) is 0 Å². The molecule has 6 nitrogen and oxygen atoms in total. The van der Waals surface area contributed by atoms with Crippen molar-refractivity contribution in [2.24, 2.45) is 5.10 Å². The van der Waals surface area contributed by atoms with Gasteiger partial charge in [-0.05, 0) is 42.5 Å². The van der Waals surface area contributed by atoms with Crippen molar-refractivity contribution in [3.8, 4) is 0 Å². The zero-order valence-corrected chi connectivity index (χ0v) is 14.9. The second kappa shape index (κ2) is 8.73. The second-order valence-electron chi connectivity index (χ2n) is 5.49. The van der Waals surface area contributed by atoms with Gasteiger partial charge < -0.3 is 5.32 Å². The Hall–Kier alpha value is -3.51. The van der Waals surface area contributed by atoms with E-state index >= 15 is 0 Å². The van der Waals surface area contributed by atoms with Crippen molar-refractivity contribution in [1.82, 2.24) is 10.4 Å². The molecule has 2 aromatic carbocycles. The third kappa shape index (κ3) is 4.99. The minimum atomic E-state index is -0.442. The Labute approximate surface area is 160 Å².